The third-order valence-corrected chi connectivity index (χ3v) is 4.47. The van der Waals surface area contributed by atoms with Crippen LogP contribution in [0.1, 0.15) is 0 Å². The summed E-state index contributed by atoms with van der Waals surface area (Å²) in [5.41, 5.74) is 14.3. The van der Waals surface area contributed by atoms with Crippen LogP contribution in [0.2, 0.25) is 0 Å². The zero-order valence-corrected chi connectivity index (χ0v) is 15.9. The summed E-state index contributed by atoms with van der Waals surface area (Å²) < 4.78 is 11.9. The molecule has 30 heavy (non-hydrogen) atoms. The number of nitrogens with two attached hydrogens (primary N) is 2. The number of phenols is 2. The summed E-state index contributed by atoms with van der Waals surface area (Å²) in [6.45, 7) is 0. The molecule has 4 aromatic carbocycles. The van der Waals surface area contributed by atoms with Gasteiger partial charge in [-0.05, 0) is 48.5 Å². The first-order valence-electron chi connectivity index (χ1n) is 9.22. The van der Waals surface area contributed by atoms with Crippen molar-refractivity contribution in [3.8, 4) is 45.6 Å². The van der Waals surface area contributed by atoms with Crippen LogP contribution in [0, 0.1) is 0 Å². The molecule has 0 radical (unpaired) electrons. The molecule has 6 heteroatoms. The lowest BCUT2D eigenvalue weighted by atomic mass is 10.0. The molecule has 0 atom stereocenters. The standard InChI is InChI=1S/C24H20N2O4/c25-15-9-11-17(23(13-15)29-21-7-3-1-5-19(21)27)18-12-10-16(26)14-24(18)30-22-8-4-2-6-20(22)28/h1-14,27-28H,25-26H2. The number of anilines is 2. The number of hydrogen-bond acceptors (Lipinski definition) is 6. The highest BCUT2D eigenvalue weighted by atomic mass is 16.5. The summed E-state index contributed by atoms with van der Waals surface area (Å²) in [7, 11) is 0. The molecule has 0 saturated carbocycles. The van der Waals surface area contributed by atoms with E-state index in [4.69, 9.17) is 20.9 Å². The Morgan fingerprint density at radius 2 is 0.900 bits per heavy atom. The highest BCUT2D eigenvalue weighted by molar-refractivity contribution is 5.80. The first-order valence-corrected chi connectivity index (χ1v) is 9.22. The summed E-state index contributed by atoms with van der Waals surface area (Å²) >= 11 is 0. The lowest BCUT2D eigenvalue weighted by Gasteiger charge is -2.17. The smallest absolute Gasteiger partial charge is 0.169 e. The van der Waals surface area contributed by atoms with Gasteiger partial charge in [0.05, 0.1) is 0 Å². The van der Waals surface area contributed by atoms with Crippen molar-refractivity contribution < 1.29 is 19.7 Å². The minimum atomic E-state index is 0.00821. The minimum absolute atomic E-state index is 0.00821. The van der Waals surface area contributed by atoms with Crippen molar-refractivity contribution >= 4 is 11.4 Å². The van der Waals surface area contributed by atoms with E-state index in [2.05, 4.69) is 0 Å². The topological polar surface area (TPSA) is 111 Å². The number of rotatable bonds is 5. The van der Waals surface area contributed by atoms with Crippen molar-refractivity contribution in [2.75, 3.05) is 11.5 Å². The molecule has 4 aromatic rings. The average Bonchev–Trinajstić information content (AvgIpc) is 2.72. The van der Waals surface area contributed by atoms with Crippen LogP contribution < -0.4 is 20.9 Å². The highest BCUT2D eigenvalue weighted by Gasteiger charge is 2.16. The van der Waals surface area contributed by atoms with E-state index in [1.54, 1.807) is 72.8 Å². The van der Waals surface area contributed by atoms with Crippen molar-refractivity contribution in [3.05, 3.63) is 84.9 Å². The normalized spacial score (nSPS) is 10.5. The van der Waals surface area contributed by atoms with E-state index in [0.717, 1.165) is 0 Å². The molecule has 0 saturated heterocycles. The van der Waals surface area contributed by atoms with Crippen LogP contribution in [-0.2, 0) is 0 Å². The fraction of sp³-hybridized carbons (Fsp3) is 0. The fourth-order valence-corrected chi connectivity index (χ4v) is 3.02. The van der Waals surface area contributed by atoms with Gasteiger partial charge in [-0.15, -0.1) is 0 Å². The summed E-state index contributed by atoms with van der Waals surface area (Å²) in [4.78, 5) is 0. The molecule has 0 unspecified atom stereocenters. The van der Waals surface area contributed by atoms with Gasteiger partial charge in [0, 0.05) is 34.6 Å². The zero-order valence-electron chi connectivity index (χ0n) is 15.9. The maximum absolute atomic E-state index is 10.1. The van der Waals surface area contributed by atoms with E-state index >= 15 is 0 Å². The second-order valence-corrected chi connectivity index (χ2v) is 6.65. The first kappa shape index (κ1) is 19.0. The monoisotopic (exact) mass is 400 g/mol. The van der Waals surface area contributed by atoms with Gasteiger partial charge in [-0.1, -0.05) is 24.3 Å². The van der Waals surface area contributed by atoms with Crippen molar-refractivity contribution in [1.82, 2.24) is 0 Å². The molecular weight excluding hydrogens is 380 g/mol. The number of hydrogen-bond donors (Lipinski definition) is 4. The van der Waals surface area contributed by atoms with Gasteiger partial charge < -0.3 is 31.2 Å². The Balaban J connectivity index is 1.81. The van der Waals surface area contributed by atoms with Gasteiger partial charge in [0.25, 0.3) is 0 Å². The molecule has 0 bridgehead atoms. The Morgan fingerprint density at radius 3 is 1.30 bits per heavy atom. The van der Waals surface area contributed by atoms with Crippen LogP contribution in [-0.4, -0.2) is 10.2 Å². The van der Waals surface area contributed by atoms with Crippen LogP contribution in [0.4, 0.5) is 11.4 Å². The van der Waals surface area contributed by atoms with E-state index in [1.807, 2.05) is 0 Å². The molecule has 150 valence electrons. The van der Waals surface area contributed by atoms with E-state index in [1.165, 1.54) is 12.1 Å². The maximum Gasteiger partial charge on any atom is 0.169 e. The molecule has 0 aliphatic carbocycles. The van der Waals surface area contributed by atoms with Gasteiger partial charge >= 0.3 is 0 Å². The average molecular weight is 400 g/mol. The van der Waals surface area contributed by atoms with Crippen molar-refractivity contribution in [2.24, 2.45) is 0 Å². The number of phenolic OH excluding ortho intramolecular Hbond substituents is 2. The van der Waals surface area contributed by atoms with Crippen molar-refractivity contribution in [2.45, 2.75) is 0 Å². The molecule has 0 spiro atoms. The first-order chi connectivity index (χ1) is 14.5. The predicted molar refractivity (Wildman–Crippen MR) is 117 cm³/mol. The quantitative estimate of drug-likeness (QED) is 0.329. The van der Waals surface area contributed by atoms with Crippen LogP contribution >= 0.6 is 0 Å². The summed E-state index contributed by atoms with van der Waals surface area (Å²) in [5, 5.41) is 20.2. The van der Waals surface area contributed by atoms with Gasteiger partial charge in [0.1, 0.15) is 11.5 Å². The lowest BCUT2D eigenvalue weighted by molar-refractivity contribution is 0.409. The summed E-state index contributed by atoms with van der Waals surface area (Å²) in [6.07, 6.45) is 0. The molecule has 0 aromatic heterocycles. The van der Waals surface area contributed by atoms with Crippen LogP contribution in [0.5, 0.6) is 34.5 Å². The number of benzene rings is 4. The number of ether oxygens (including phenoxy) is 2. The molecule has 0 fully saturated rings. The van der Waals surface area contributed by atoms with Gasteiger partial charge in [0.2, 0.25) is 0 Å². The van der Waals surface area contributed by atoms with Gasteiger partial charge in [-0.3, -0.25) is 0 Å². The molecule has 0 aliphatic rings. The summed E-state index contributed by atoms with van der Waals surface area (Å²) in [6, 6.07) is 23.8. The predicted octanol–water partition coefficient (Wildman–Crippen LogP) is 5.51. The van der Waals surface area contributed by atoms with E-state index in [0.29, 0.717) is 45.5 Å². The molecule has 0 amide bonds. The Bertz CT molecular complexity index is 1110. The number of aromatic hydroxyl groups is 2. The third kappa shape index (κ3) is 3.93. The molecular formula is C24H20N2O4. The minimum Gasteiger partial charge on any atom is -0.504 e. The van der Waals surface area contributed by atoms with Crippen molar-refractivity contribution in [3.63, 3.8) is 0 Å². The zero-order chi connectivity index (χ0) is 21.1. The Labute approximate surface area is 173 Å². The van der Waals surface area contributed by atoms with Crippen LogP contribution in [0.15, 0.2) is 84.9 Å². The third-order valence-electron chi connectivity index (χ3n) is 4.47. The van der Waals surface area contributed by atoms with Gasteiger partial charge in [-0.2, -0.15) is 0 Å². The fourth-order valence-electron chi connectivity index (χ4n) is 3.02. The summed E-state index contributed by atoms with van der Waals surface area (Å²) in [5.74, 6) is 1.47. The van der Waals surface area contributed by atoms with Crippen LogP contribution in [0.3, 0.4) is 0 Å². The van der Waals surface area contributed by atoms with Crippen LogP contribution in [0.25, 0.3) is 11.1 Å². The van der Waals surface area contributed by atoms with E-state index in [-0.39, 0.29) is 11.5 Å². The molecule has 0 aliphatic heterocycles. The number of nitrogen functional groups attached to an aromatic ring is 2. The van der Waals surface area contributed by atoms with Crippen molar-refractivity contribution in [1.29, 1.82) is 0 Å². The molecule has 6 N–H and O–H groups in total. The molecule has 4 rings (SSSR count). The largest absolute Gasteiger partial charge is 0.504 e. The van der Waals surface area contributed by atoms with Gasteiger partial charge in [-0.25, -0.2) is 0 Å². The second kappa shape index (κ2) is 7.97. The molecule has 6 nitrogen and oxygen atoms in total. The van der Waals surface area contributed by atoms with Gasteiger partial charge in [0.15, 0.2) is 23.0 Å². The lowest BCUT2D eigenvalue weighted by Crippen LogP contribution is -1.95. The van der Waals surface area contributed by atoms with E-state index < -0.39 is 0 Å². The Morgan fingerprint density at radius 1 is 0.500 bits per heavy atom. The highest BCUT2D eigenvalue weighted by Crippen LogP contribution is 2.43. The SMILES string of the molecule is Nc1ccc(-c2ccc(N)cc2Oc2ccccc2O)c(Oc2ccccc2O)c1. The number of para-hydroxylation sites is 4. The Hall–Kier alpha value is -4.32. The Kier molecular flexibility index (Phi) is 5.05. The molecule has 0 heterocycles. The maximum atomic E-state index is 10.1. The second-order valence-electron chi connectivity index (χ2n) is 6.65. The van der Waals surface area contributed by atoms with E-state index in [9.17, 15) is 10.2 Å².